The van der Waals surface area contributed by atoms with E-state index >= 15 is 0 Å². The molecule has 18 heavy (non-hydrogen) atoms. The molecule has 0 aromatic rings. The molecule has 0 unspecified atom stereocenters. The molecule has 4 N–H and O–H groups in total. The van der Waals surface area contributed by atoms with E-state index in [9.17, 15) is 15.0 Å². The first-order valence-corrected chi connectivity index (χ1v) is 6.08. The highest BCUT2D eigenvalue weighted by atomic mass is 16.6. The van der Waals surface area contributed by atoms with E-state index in [0.717, 1.165) is 0 Å². The summed E-state index contributed by atoms with van der Waals surface area (Å²) < 4.78 is 11.0. The normalized spacial score (nSPS) is 44.2. The second-order valence-electron chi connectivity index (χ2n) is 4.74. The molecule has 2 heterocycles. The topological polar surface area (TPSA) is 108 Å². The minimum atomic E-state index is -1.19. The molecule has 2 saturated heterocycles. The van der Waals surface area contributed by atoms with Gasteiger partial charge >= 0.3 is 0 Å². The Kier molecular flexibility index (Phi) is 4.18. The van der Waals surface area contributed by atoms with Crippen LogP contribution in [0.15, 0.2) is 0 Å². The van der Waals surface area contributed by atoms with E-state index < -0.39 is 30.6 Å². The van der Waals surface area contributed by atoms with Crippen molar-refractivity contribution in [3.05, 3.63) is 0 Å². The second kappa shape index (κ2) is 5.50. The first-order valence-electron chi connectivity index (χ1n) is 6.08. The zero-order valence-corrected chi connectivity index (χ0v) is 10.2. The monoisotopic (exact) mass is 261 g/mol. The van der Waals surface area contributed by atoms with Crippen LogP contribution in [0.25, 0.3) is 0 Å². The fourth-order valence-electron chi connectivity index (χ4n) is 2.47. The molecule has 2 fully saturated rings. The standard InChI is InChI=1S/C11H19NO6/c1-5(14)12-8-3-2-6-11(18-8)10(16)9(15)7(4-13)17-6/h6-11,13,15-16H,2-4H2,1H3,(H,12,14)/t6-,7-,8-,9+,10+,11+/m1/s1. The van der Waals surface area contributed by atoms with Crippen LogP contribution >= 0.6 is 0 Å². The average Bonchev–Trinajstić information content (AvgIpc) is 2.33. The number of amides is 1. The van der Waals surface area contributed by atoms with Crippen molar-refractivity contribution >= 4 is 5.91 Å². The third-order valence-corrected chi connectivity index (χ3v) is 3.36. The van der Waals surface area contributed by atoms with Crippen LogP contribution in [-0.2, 0) is 14.3 Å². The fourth-order valence-corrected chi connectivity index (χ4v) is 2.47. The van der Waals surface area contributed by atoms with Gasteiger partial charge in [-0.25, -0.2) is 0 Å². The number of ether oxygens (including phenoxy) is 2. The SMILES string of the molecule is CC(=O)N[C@H]1CC[C@H]2O[C@H](CO)[C@H](O)[C@H](O)[C@H]2O1. The average molecular weight is 261 g/mol. The number of hydrogen-bond acceptors (Lipinski definition) is 6. The minimum Gasteiger partial charge on any atom is -0.394 e. The predicted molar refractivity (Wildman–Crippen MR) is 59.5 cm³/mol. The van der Waals surface area contributed by atoms with E-state index in [2.05, 4.69) is 5.32 Å². The molecule has 2 rings (SSSR count). The van der Waals surface area contributed by atoms with E-state index in [1.807, 2.05) is 0 Å². The van der Waals surface area contributed by atoms with E-state index in [0.29, 0.717) is 12.8 Å². The summed E-state index contributed by atoms with van der Waals surface area (Å²) in [6.07, 6.45) is -3.47. The zero-order chi connectivity index (χ0) is 13.3. The summed E-state index contributed by atoms with van der Waals surface area (Å²) in [4.78, 5) is 10.9. The lowest BCUT2D eigenvalue weighted by Gasteiger charge is -2.46. The summed E-state index contributed by atoms with van der Waals surface area (Å²) in [6.45, 7) is 1.04. The van der Waals surface area contributed by atoms with Crippen LogP contribution in [0.5, 0.6) is 0 Å². The van der Waals surface area contributed by atoms with E-state index in [4.69, 9.17) is 14.6 Å². The molecule has 2 aliphatic heterocycles. The number of aliphatic hydroxyl groups is 3. The van der Waals surface area contributed by atoms with Crippen molar-refractivity contribution in [2.75, 3.05) is 6.61 Å². The number of fused-ring (bicyclic) bond motifs is 1. The van der Waals surface area contributed by atoms with E-state index in [-0.39, 0.29) is 18.6 Å². The quantitative estimate of drug-likeness (QED) is 0.463. The van der Waals surface area contributed by atoms with Crippen LogP contribution < -0.4 is 5.32 Å². The van der Waals surface area contributed by atoms with Crippen molar-refractivity contribution in [3.8, 4) is 0 Å². The lowest BCUT2D eigenvalue weighted by molar-refractivity contribution is -0.270. The summed E-state index contributed by atoms with van der Waals surface area (Å²) in [7, 11) is 0. The molecule has 0 spiro atoms. The van der Waals surface area contributed by atoms with Gasteiger partial charge in [0.05, 0.1) is 12.7 Å². The fraction of sp³-hybridized carbons (Fsp3) is 0.909. The Hall–Kier alpha value is -0.730. The predicted octanol–water partition coefficient (Wildman–Crippen LogP) is -1.89. The maximum absolute atomic E-state index is 10.9. The third-order valence-electron chi connectivity index (χ3n) is 3.36. The van der Waals surface area contributed by atoms with Gasteiger partial charge in [0.25, 0.3) is 0 Å². The van der Waals surface area contributed by atoms with Crippen molar-refractivity contribution in [2.45, 2.75) is 56.5 Å². The van der Waals surface area contributed by atoms with Crippen LogP contribution in [0, 0.1) is 0 Å². The highest BCUT2D eigenvalue weighted by Crippen LogP contribution is 2.31. The van der Waals surface area contributed by atoms with Gasteiger partial charge < -0.3 is 30.1 Å². The molecule has 0 aromatic heterocycles. The van der Waals surface area contributed by atoms with Gasteiger partial charge in [0.1, 0.15) is 30.6 Å². The molecule has 0 bridgehead atoms. The molecular formula is C11H19NO6. The van der Waals surface area contributed by atoms with Gasteiger partial charge in [0.2, 0.25) is 5.91 Å². The molecular weight excluding hydrogens is 242 g/mol. The molecule has 6 atom stereocenters. The lowest BCUT2D eigenvalue weighted by atomic mass is 9.90. The Balaban J connectivity index is 2.01. The van der Waals surface area contributed by atoms with Crippen molar-refractivity contribution in [1.29, 1.82) is 0 Å². The maximum Gasteiger partial charge on any atom is 0.218 e. The van der Waals surface area contributed by atoms with Gasteiger partial charge in [-0.3, -0.25) is 4.79 Å². The van der Waals surface area contributed by atoms with Crippen LogP contribution in [0.3, 0.4) is 0 Å². The van der Waals surface area contributed by atoms with Crippen molar-refractivity contribution < 1.29 is 29.6 Å². The molecule has 0 aromatic carbocycles. The summed E-state index contributed by atoms with van der Waals surface area (Å²) in [5.41, 5.74) is 0. The Morgan fingerprint density at radius 2 is 2.00 bits per heavy atom. The third kappa shape index (κ3) is 2.65. The van der Waals surface area contributed by atoms with Crippen molar-refractivity contribution in [3.63, 3.8) is 0 Å². The minimum absolute atomic E-state index is 0.210. The van der Waals surface area contributed by atoms with Gasteiger partial charge in [-0.05, 0) is 12.8 Å². The van der Waals surface area contributed by atoms with Crippen LogP contribution in [-0.4, -0.2) is 64.6 Å². The number of rotatable bonds is 2. The van der Waals surface area contributed by atoms with Crippen molar-refractivity contribution in [2.24, 2.45) is 0 Å². The summed E-state index contributed by atoms with van der Waals surface area (Å²) in [6, 6.07) is 0. The van der Waals surface area contributed by atoms with Crippen LogP contribution in [0.2, 0.25) is 0 Å². The van der Waals surface area contributed by atoms with Gasteiger partial charge in [-0.1, -0.05) is 0 Å². The Labute approximate surface area is 105 Å². The number of aliphatic hydroxyl groups excluding tert-OH is 3. The van der Waals surface area contributed by atoms with Crippen LogP contribution in [0.4, 0.5) is 0 Å². The largest absolute Gasteiger partial charge is 0.394 e. The number of hydrogen-bond donors (Lipinski definition) is 4. The number of carbonyl (C=O) groups excluding carboxylic acids is 1. The first-order chi connectivity index (χ1) is 8.52. The molecule has 0 saturated carbocycles. The zero-order valence-electron chi connectivity index (χ0n) is 10.2. The van der Waals surface area contributed by atoms with Gasteiger partial charge in [0, 0.05) is 6.92 Å². The van der Waals surface area contributed by atoms with E-state index in [1.165, 1.54) is 6.92 Å². The smallest absolute Gasteiger partial charge is 0.218 e. The summed E-state index contributed by atoms with van der Waals surface area (Å²) >= 11 is 0. The summed E-state index contributed by atoms with van der Waals surface area (Å²) in [5, 5.41) is 31.4. The lowest BCUT2D eigenvalue weighted by Crippen LogP contribution is -2.62. The Morgan fingerprint density at radius 3 is 2.61 bits per heavy atom. The van der Waals surface area contributed by atoms with Crippen LogP contribution in [0.1, 0.15) is 19.8 Å². The molecule has 7 heteroatoms. The van der Waals surface area contributed by atoms with Crippen molar-refractivity contribution in [1.82, 2.24) is 5.32 Å². The molecule has 0 aliphatic carbocycles. The molecule has 0 radical (unpaired) electrons. The maximum atomic E-state index is 10.9. The van der Waals surface area contributed by atoms with E-state index in [1.54, 1.807) is 0 Å². The Morgan fingerprint density at radius 1 is 1.28 bits per heavy atom. The van der Waals surface area contributed by atoms with Gasteiger partial charge in [0.15, 0.2) is 0 Å². The van der Waals surface area contributed by atoms with Gasteiger partial charge in [-0.2, -0.15) is 0 Å². The second-order valence-corrected chi connectivity index (χ2v) is 4.74. The highest BCUT2D eigenvalue weighted by molar-refractivity contribution is 5.73. The van der Waals surface area contributed by atoms with Gasteiger partial charge in [-0.15, -0.1) is 0 Å². The summed E-state index contributed by atoms with van der Waals surface area (Å²) in [5.74, 6) is -0.210. The molecule has 104 valence electrons. The first kappa shape index (κ1) is 13.7. The Bertz CT molecular complexity index is 310. The molecule has 1 amide bonds. The number of carbonyl (C=O) groups is 1. The number of nitrogens with one attached hydrogen (secondary N) is 1. The molecule has 7 nitrogen and oxygen atoms in total. The molecule has 2 aliphatic rings. The highest BCUT2D eigenvalue weighted by Gasteiger charge is 2.47.